The van der Waals surface area contributed by atoms with Crippen molar-refractivity contribution in [2.45, 2.75) is 24.2 Å². The molecule has 0 nitrogen and oxygen atoms in total. The van der Waals surface area contributed by atoms with Crippen molar-refractivity contribution in [3.05, 3.63) is 30.1 Å². The molecular formula is C11H15FS2. The predicted octanol–water partition coefficient (Wildman–Crippen LogP) is 4.02. The van der Waals surface area contributed by atoms with E-state index in [1.54, 1.807) is 17.8 Å². The van der Waals surface area contributed by atoms with Crippen molar-refractivity contribution in [1.82, 2.24) is 0 Å². The summed E-state index contributed by atoms with van der Waals surface area (Å²) >= 11 is 5.74. The fourth-order valence-electron chi connectivity index (χ4n) is 1.13. The van der Waals surface area contributed by atoms with Crippen molar-refractivity contribution in [2.24, 2.45) is 0 Å². The van der Waals surface area contributed by atoms with E-state index < -0.39 is 0 Å². The fraction of sp³-hybridized carbons (Fsp3) is 0.455. The maximum absolute atomic E-state index is 13.1. The van der Waals surface area contributed by atoms with Crippen LogP contribution in [-0.4, -0.2) is 11.5 Å². The highest BCUT2D eigenvalue weighted by atomic mass is 32.2. The molecule has 14 heavy (non-hydrogen) atoms. The van der Waals surface area contributed by atoms with Gasteiger partial charge in [0.05, 0.1) is 0 Å². The molecule has 0 fully saturated rings. The molecule has 1 aromatic carbocycles. The minimum atomic E-state index is -0.105. The Morgan fingerprint density at radius 1 is 1.14 bits per heavy atom. The van der Waals surface area contributed by atoms with Gasteiger partial charge >= 0.3 is 0 Å². The molecule has 0 spiro atoms. The van der Waals surface area contributed by atoms with Crippen molar-refractivity contribution in [3.8, 4) is 0 Å². The summed E-state index contributed by atoms with van der Waals surface area (Å²) in [6.45, 7) is 0. The van der Waals surface area contributed by atoms with Crippen LogP contribution in [0.3, 0.4) is 0 Å². The second-order valence-electron chi connectivity index (χ2n) is 3.06. The molecule has 0 saturated heterocycles. The number of unbranched alkanes of at least 4 members (excludes halogenated alkanes) is 2. The standard InChI is InChI=1S/C11H15FS2/c12-10-6-2-3-7-11(10)14-9-5-1-4-8-13/h2-3,6-7,13H,1,4-5,8-9H2. The van der Waals surface area contributed by atoms with Gasteiger partial charge in [-0.2, -0.15) is 12.6 Å². The smallest absolute Gasteiger partial charge is 0.136 e. The monoisotopic (exact) mass is 230 g/mol. The van der Waals surface area contributed by atoms with Gasteiger partial charge in [-0.25, -0.2) is 4.39 Å². The number of thiol groups is 1. The van der Waals surface area contributed by atoms with Crippen LogP contribution < -0.4 is 0 Å². The third kappa shape index (κ3) is 4.38. The van der Waals surface area contributed by atoms with E-state index in [0.717, 1.165) is 29.2 Å². The van der Waals surface area contributed by atoms with Gasteiger partial charge in [-0.1, -0.05) is 18.6 Å². The fourth-order valence-corrected chi connectivity index (χ4v) is 2.31. The summed E-state index contributed by atoms with van der Waals surface area (Å²) in [5, 5.41) is 0. The SMILES string of the molecule is Fc1ccccc1SCCCCCS. The summed E-state index contributed by atoms with van der Waals surface area (Å²) in [4.78, 5) is 0.762. The van der Waals surface area contributed by atoms with Crippen LogP contribution in [0.15, 0.2) is 29.2 Å². The third-order valence-electron chi connectivity index (χ3n) is 1.90. The molecule has 1 aromatic rings. The normalized spacial score (nSPS) is 10.4. The van der Waals surface area contributed by atoms with E-state index in [-0.39, 0.29) is 5.82 Å². The van der Waals surface area contributed by atoms with Crippen LogP contribution in [0.4, 0.5) is 4.39 Å². The van der Waals surface area contributed by atoms with Crippen molar-refractivity contribution in [3.63, 3.8) is 0 Å². The molecule has 1 rings (SSSR count). The zero-order chi connectivity index (χ0) is 10.2. The van der Waals surface area contributed by atoms with Gasteiger partial charge in [0.25, 0.3) is 0 Å². The van der Waals surface area contributed by atoms with Crippen molar-refractivity contribution < 1.29 is 4.39 Å². The van der Waals surface area contributed by atoms with E-state index in [0.29, 0.717) is 0 Å². The molecule has 0 aliphatic heterocycles. The third-order valence-corrected chi connectivity index (χ3v) is 3.35. The molecule has 0 radical (unpaired) electrons. The molecule has 0 atom stereocenters. The minimum Gasteiger partial charge on any atom is -0.206 e. The second kappa shape index (κ2) is 7.18. The average molecular weight is 230 g/mol. The van der Waals surface area contributed by atoms with E-state index in [1.807, 2.05) is 12.1 Å². The molecule has 3 heteroatoms. The van der Waals surface area contributed by atoms with E-state index in [2.05, 4.69) is 12.6 Å². The molecule has 0 amide bonds. The number of rotatable bonds is 6. The largest absolute Gasteiger partial charge is 0.206 e. The number of hydrogen-bond acceptors (Lipinski definition) is 2. The Labute approximate surface area is 94.7 Å². The Bertz CT molecular complexity index is 263. The van der Waals surface area contributed by atoms with Crippen LogP contribution in [-0.2, 0) is 0 Å². The lowest BCUT2D eigenvalue weighted by atomic mass is 10.3. The Hall–Kier alpha value is -0.150. The van der Waals surface area contributed by atoms with Gasteiger partial charge in [0.15, 0.2) is 0 Å². The molecule has 0 saturated carbocycles. The average Bonchev–Trinajstić information content (AvgIpc) is 2.20. The minimum absolute atomic E-state index is 0.105. The summed E-state index contributed by atoms with van der Waals surface area (Å²) < 4.78 is 13.1. The first-order chi connectivity index (χ1) is 6.84. The van der Waals surface area contributed by atoms with Gasteiger partial charge in [0, 0.05) is 4.90 Å². The Morgan fingerprint density at radius 2 is 1.93 bits per heavy atom. The van der Waals surface area contributed by atoms with Crippen LogP contribution in [0.2, 0.25) is 0 Å². The van der Waals surface area contributed by atoms with Gasteiger partial charge in [-0.15, -0.1) is 11.8 Å². The summed E-state index contributed by atoms with van der Waals surface area (Å²) in [6.07, 6.45) is 3.48. The van der Waals surface area contributed by atoms with Gasteiger partial charge in [-0.3, -0.25) is 0 Å². The zero-order valence-electron chi connectivity index (χ0n) is 8.08. The number of halogens is 1. The van der Waals surface area contributed by atoms with Crippen molar-refractivity contribution in [2.75, 3.05) is 11.5 Å². The lowest BCUT2D eigenvalue weighted by Crippen LogP contribution is -1.84. The molecule has 0 aliphatic carbocycles. The maximum atomic E-state index is 13.1. The van der Waals surface area contributed by atoms with Crippen molar-refractivity contribution in [1.29, 1.82) is 0 Å². The number of thioether (sulfide) groups is 1. The topological polar surface area (TPSA) is 0 Å². The predicted molar refractivity (Wildman–Crippen MR) is 64.8 cm³/mol. The molecule has 0 heterocycles. The summed E-state index contributed by atoms with van der Waals surface area (Å²) in [6, 6.07) is 6.94. The lowest BCUT2D eigenvalue weighted by Gasteiger charge is -2.02. The van der Waals surface area contributed by atoms with Gasteiger partial charge < -0.3 is 0 Å². The molecular weight excluding hydrogens is 215 g/mol. The Kier molecular flexibility index (Phi) is 6.12. The van der Waals surface area contributed by atoms with Gasteiger partial charge in [0.2, 0.25) is 0 Å². The van der Waals surface area contributed by atoms with Gasteiger partial charge in [0.1, 0.15) is 5.82 Å². The highest BCUT2D eigenvalue weighted by Gasteiger charge is 1.99. The van der Waals surface area contributed by atoms with Crippen LogP contribution in [0, 0.1) is 5.82 Å². The zero-order valence-corrected chi connectivity index (χ0v) is 9.79. The maximum Gasteiger partial charge on any atom is 0.136 e. The van der Waals surface area contributed by atoms with E-state index in [9.17, 15) is 4.39 Å². The lowest BCUT2D eigenvalue weighted by molar-refractivity contribution is 0.602. The van der Waals surface area contributed by atoms with Crippen molar-refractivity contribution >= 4 is 24.4 Å². The first-order valence-corrected chi connectivity index (χ1v) is 6.44. The highest BCUT2D eigenvalue weighted by molar-refractivity contribution is 7.99. The summed E-state index contributed by atoms with van der Waals surface area (Å²) in [5.41, 5.74) is 0. The van der Waals surface area contributed by atoms with Crippen LogP contribution >= 0.6 is 24.4 Å². The van der Waals surface area contributed by atoms with Crippen LogP contribution in [0.25, 0.3) is 0 Å². The summed E-state index contributed by atoms with van der Waals surface area (Å²) in [5.74, 6) is 1.84. The molecule has 0 unspecified atom stereocenters. The molecule has 0 aliphatic rings. The highest BCUT2D eigenvalue weighted by Crippen LogP contribution is 2.22. The number of hydrogen-bond donors (Lipinski definition) is 1. The van der Waals surface area contributed by atoms with Crippen LogP contribution in [0.1, 0.15) is 19.3 Å². The summed E-state index contributed by atoms with van der Waals surface area (Å²) in [7, 11) is 0. The van der Waals surface area contributed by atoms with E-state index in [1.165, 1.54) is 12.5 Å². The molecule has 0 N–H and O–H groups in total. The van der Waals surface area contributed by atoms with E-state index >= 15 is 0 Å². The molecule has 78 valence electrons. The van der Waals surface area contributed by atoms with E-state index in [4.69, 9.17) is 0 Å². The second-order valence-corrected chi connectivity index (χ2v) is 4.65. The quantitative estimate of drug-likeness (QED) is 0.437. The first-order valence-electron chi connectivity index (χ1n) is 4.83. The van der Waals surface area contributed by atoms with Gasteiger partial charge in [-0.05, 0) is 36.5 Å². The Morgan fingerprint density at radius 3 is 2.64 bits per heavy atom. The number of benzene rings is 1. The molecule has 0 bridgehead atoms. The van der Waals surface area contributed by atoms with Crippen LogP contribution in [0.5, 0.6) is 0 Å². The Balaban J connectivity index is 2.21. The molecule has 0 aromatic heterocycles. The first kappa shape index (κ1) is 11.9.